The highest BCUT2D eigenvalue weighted by molar-refractivity contribution is 5.44. The molecule has 0 aromatic carbocycles. The molecular formula is C19H22F3N5O2. The second-order valence-corrected chi connectivity index (χ2v) is 7.53. The first-order valence-electron chi connectivity index (χ1n) is 9.61. The third kappa shape index (κ3) is 4.21. The van der Waals surface area contributed by atoms with Crippen molar-refractivity contribution < 1.29 is 18.3 Å². The number of nitrogens with zero attached hydrogens (tertiary/aromatic N) is 5. The highest BCUT2D eigenvalue weighted by Gasteiger charge is 2.31. The Morgan fingerprint density at radius 2 is 1.90 bits per heavy atom. The van der Waals surface area contributed by atoms with Gasteiger partial charge in [0.05, 0.1) is 29.6 Å². The van der Waals surface area contributed by atoms with Crippen LogP contribution >= 0.6 is 0 Å². The molecule has 0 amide bonds. The molecule has 2 saturated heterocycles. The number of aliphatic hydroxyl groups excluding tert-OH is 1. The van der Waals surface area contributed by atoms with Crippen molar-refractivity contribution in [2.75, 3.05) is 36.0 Å². The lowest BCUT2D eigenvalue weighted by molar-refractivity contribution is -0.137. The summed E-state index contributed by atoms with van der Waals surface area (Å²) in [6, 6.07) is 3.73. The van der Waals surface area contributed by atoms with Crippen molar-refractivity contribution in [3.8, 4) is 0 Å². The fourth-order valence-corrected chi connectivity index (χ4v) is 3.93. The van der Waals surface area contributed by atoms with Crippen molar-refractivity contribution in [3.63, 3.8) is 0 Å². The molecule has 10 heteroatoms. The maximum absolute atomic E-state index is 12.7. The molecule has 2 aromatic heterocycles. The number of hydrogen-bond donors (Lipinski definition) is 1. The van der Waals surface area contributed by atoms with Gasteiger partial charge in [-0.15, -0.1) is 0 Å². The molecule has 1 unspecified atom stereocenters. The van der Waals surface area contributed by atoms with Crippen LogP contribution in [0.15, 0.2) is 35.4 Å². The smallest absolute Gasteiger partial charge is 0.391 e. The summed E-state index contributed by atoms with van der Waals surface area (Å²) in [5, 5.41) is 14.0. The number of pyridine rings is 1. The summed E-state index contributed by atoms with van der Waals surface area (Å²) in [5.74, 6) is 0.457. The minimum Gasteiger partial charge on any atom is -0.391 e. The molecule has 1 N–H and O–H groups in total. The molecule has 29 heavy (non-hydrogen) atoms. The van der Waals surface area contributed by atoms with Gasteiger partial charge in [-0.1, -0.05) is 0 Å². The second-order valence-electron chi connectivity index (χ2n) is 7.53. The van der Waals surface area contributed by atoms with Gasteiger partial charge < -0.3 is 14.9 Å². The van der Waals surface area contributed by atoms with Gasteiger partial charge in [0.15, 0.2) is 0 Å². The Morgan fingerprint density at radius 1 is 1.07 bits per heavy atom. The van der Waals surface area contributed by atoms with Crippen LogP contribution in [0, 0.1) is 0 Å². The van der Waals surface area contributed by atoms with Crippen molar-refractivity contribution >= 4 is 11.5 Å². The van der Waals surface area contributed by atoms with E-state index in [2.05, 4.69) is 10.1 Å². The van der Waals surface area contributed by atoms with Gasteiger partial charge in [0.1, 0.15) is 5.82 Å². The summed E-state index contributed by atoms with van der Waals surface area (Å²) in [6.07, 6.45) is -0.133. The van der Waals surface area contributed by atoms with E-state index >= 15 is 0 Å². The van der Waals surface area contributed by atoms with Crippen LogP contribution in [0.4, 0.5) is 24.7 Å². The largest absolute Gasteiger partial charge is 0.417 e. The van der Waals surface area contributed by atoms with Crippen LogP contribution in [0.1, 0.15) is 30.9 Å². The lowest BCUT2D eigenvalue weighted by atomic mass is 10.1. The molecule has 156 valence electrons. The van der Waals surface area contributed by atoms with Crippen LogP contribution in [-0.4, -0.2) is 52.2 Å². The predicted octanol–water partition coefficient (Wildman–Crippen LogP) is 2.07. The summed E-state index contributed by atoms with van der Waals surface area (Å²) < 4.78 is 39.7. The number of aliphatic hydroxyl groups is 1. The number of alkyl halides is 3. The van der Waals surface area contributed by atoms with Crippen LogP contribution in [-0.2, 0) is 6.18 Å². The molecule has 2 aromatic rings. The normalized spacial score (nSPS) is 22.9. The van der Waals surface area contributed by atoms with Gasteiger partial charge in [0.25, 0.3) is 5.56 Å². The third-order valence-electron chi connectivity index (χ3n) is 5.48. The van der Waals surface area contributed by atoms with E-state index in [0.717, 1.165) is 25.1 Å². The Hall–Kier alpha value is -2.62. The van der Waals surface area contributed by atoms with E-state index in [1.807, 2.05) is 9.80 Å². The van der Waals surface area contributed by atoms with Crippen molar-refractivity contribution in [1.82, 2.24) is 14.8 Å². The SMILES string of the molecule is O=c1cc(N2CC[C@H](O)C2)cnn1C1CCCN(c2ccc(C(F)(F)F)cn2)C1. The lowest BCUT2D eigenvalue weighted by Gasteiger charge is -2.34. The van der Waals surface area contributed by atoms with E-state index in [9.17, 15) is 23.1 Å². The van der Waals surface area contributed by atoms with Crippen molar-refractivity contribution in [1.29, 1.82) is 0 Å². The number of piperidine rings is 1. The van der Waals surface area contributed by atoms with Crippen LogP contribution in [0.2, 0.25) is 0 Å². The number of halogens is 3. The van der Waals surface area contributed by atoms with Crippen molar-refractivity contribution in [2.45, 2.75) is 37.6 Å². The van der Waals surface area contributed by atoms with Gasteiger partial charge in [-0.05, 0) is 31.4 Å². The average Bonchev–Trinajstić information content (AvgIpc) is 3.14. The Morgan fingerprint density at radius 3 is 2.52 bits per heavy atom. The zero-order valence-corrected chi connectivity index (χ0v) is 15.7. The molecule has 4 heterocycles. The Balaban J connectivity index is 1.49. The van der Waals surface area contributed by atoms with Gasteiger partial charge in [0, 0.05) is 38.4 Å². The molecule has 0 bridgehead atoms. The molecule has 0 saturated carbocycles. The molecule has 2 atom stereocenters. The van der Waals surface area contributed by atoms with Crippen LogP contribution in [0.25, 0.3) is 0 Å². The van der Waals surface area contributed by atoms with Gasteiger partial charge in [0.2, 0.25) is 0 Å². The predicted molar refractivity (Wildman–Crippen MR) is 101 cm³/mol. The number of β-amino-alcohol motifs (C(OH)–C–C–N with tert-alkyl or cyclic N) is 1. The zero-order chi connectivity index (χ0) is 20.6. The lowest BCUT2D eigenvalue weighted by Crippen LogP contribution is -2.41. The van der Waals surface area contributed by atoms with Gasteiger partial charge in [-0.25, -0.2) is 9.67 Å². The number of hydrogen-bond acceptors (Lipinski definition) is 6. The topological polar surface area (TPSA) is 74.5 Å². The molecule has 2 aliphatic rings. The molecule has 4 rings (SSSR count). The molecule has 0 spiro atoms. The molecule has 2 fully saturated rings. The minimum absolute atomic E-state index is 0.182. The van der Waals surface area contributed by atoms with Crippen molar-refractivity contribution in [3.05, 3.63) is 46.5 Å². The monoisotopic (exact) mass is 409 g/mol. The van der Waals surface area contributed by atoms with Gasteiger partial charge in [-0.3, -0.25) is 4.79 Å². The standard InChI is InChI=1S/C19H22F3N5O2/c20-19(21,22)13-3-4-17(23-9-13)26-6-1-2-14(11-26)27-18(29)8-15(10-24-27)25-7-5-16(28)12-25/h3-4,8-10,14,16,28H,1-2,5-7,11-12H2/t14?,16-/m0/s1. The highest BCUT2D eigenvalue weighted by atomic mass is 19.4. The fourth-order valence-electron chi connectivity index (χ4n) is 3.93. The Kier molecular flexibility index (Phi) is 5.20. The van der Waals surface area contributed by atoms with Crippen LogP contribution in [0.3, 0.4) is 0 Å². The molecule has 0 radical (unpaired) electrons. The van der Waals surface area contributed by atoms with E-state index in [4.69, 9.17) is 0 Å². The second kappa shape index (κ2) is 7.66. The van der Waals surface area contributed by atoms with Crippen LogP contribution in [0.5, 0.6) is 0 Å². The molecule has 7 nitrogen and oxygen atoms in total. The average molecular weight is 409 g/mol. The van der Waals surface area contributed by atoms with E-state index in [1.165, 1.54) is 16.8 Å². The number of aromatic nitrogens is 3. The summed E-state index contributed by atoms with van der Waals surface area (Å²) in [6.45, 7) is 2.28. The summed E-state index contributed by atoms with van der Waals surface area (Å²) in [7, 11) is 0. The van der Waals surface area contributed by atoms with E-state index in [-0.39, 0.29) is 17.7 Å². The first-order chi connectivity index (χ1) is 13.8. The zero-order valence-electron chi connectivity index (χ0n) is 15.7. The molecule has 2 aliphatic heterocycles. The van der Waals surface area contributed by atoms with Gasteiger partial charge >= 0.3 is 6.18 Å². The Labute approximate surface area is 165 Å². The maximum atomic E-state index is 12.7. The summed E-state index contributed by atoms with van der Waals surface area (Å²) in [4.78, 5) is 20.4. The Bertz CT molecular complexity index is 915. The quantitative estimate of drug-likeness (QED) is 0.837. The van der Waals surface area contributed by atoms with Crippen LogP contribution < -0.4 is 15.4 Å². The molecular weight excluding hydrogens is 387 g/mol. The minimum atomic E-state index is -4.42. The number of rotatable bonds is 3. The maximum Gasteiger partial charge on any atom is 0.417 e. The van der Waals surface area contributed by atoms with E-state index in [0.29, 0.717) is 44.1 Å². The van der Waals surface area contributed by atoms with E-state index < -0.39 is 11.7 Å². The summed E-state index contributed by atoms with van der Waals surface area (Å²) in [5.41, 5.74) is -0.314. The van der Waals surface area contributed by atoms with E-state index in [1.54, 1.807) is 6.20 Å². The third-order valence-corrected chi connectivity index (χ3v) is 5.48. The van der Waals surface area contributed by atoms with Crippen molar-refractivity contribution in [2.24, 2.45) is 0 Å². The highest BCUT2D eigenvalue weighted by Crippen LogP contribution is 2.30. The van der Waals surface area contributed by atoms with Gasteiger partial charge in [-0.2, -0.15) is 18.3 Å². The molecule has 0 aliphatic carbocycles. The fraction of sp³-hybridized carbons (Fsp3) is 0.526. The first kappa shape index (κ1) is 19.7. The number of anilines is 2. The summed E-state index contributed by atoms with van der Waals surface area (Å²) >= 11 is 0. The first-order valence-corrected chi connectivity index (χ1v) is 9.61.